The average molecular weight is 474 g/mol. The molecule has 0 saturated heterocycles. The molecule has 2 aromatic rings. The lowest BCUT2D eigenvalue weighted by molar-refractivity contribution is 0.185. The first-order chi connectivity index (χ1) is 11.7. The highest BCUT2D eigenvalue weighted by Gasteiger charge is 2.00. The summed E-state index contributed by atoms with van der Waals surface area (Å²) >= 11 is 5.91. The highest BCUT2D eigenvalue weighted by Crippen LogP contribution is 2.09. The van der Waals surface area contributed by atoms with Crippen LogP contribution in [0.25, 0.3) is 0 Å². The number of hydrogen-bond acceptors (Lipinski definition) is 2. The summed E-state index contributed by atoms with van der Waals surface area (Å²) in [5.41, 5.74) is 3.48. The minimum Gasteiger partial charge on any atom is -0.380 e. The second kappa shape index (κ2) is 12.1. The van der Waals surface area contributed by atoms with Crippen molar-refractivity contribution in [1.82, 2.24) is 10.6 Å². The van der Waals surface area contributed by atoms with Gasteiger partial charge in [0.25, 0.3) is 0 Å². The molecule has 0 aromatic heterocycles. The quantitative estimate of drug-likeness (QED) is 0.357. The molecule has 2 rings (SSSR count). The van der Waals surface area contributed by atoms with Crippen LogP contribution in [0.1, 0.15) is 23.6 Å². The second-order valence-electron chi connectivity index (χ2n) is 5.43. The van der Waals surface area contributed by atoms with Crippen LogP contribution in [-0.2, 0) is 24.4 Å². The van der Waals surface area contributed by atoms with E-state index >= 15 is 0 Å². The first kappa shape index (κ1) is 21.7. The summed E-state index contributed by atoms with van der Waals surface area (Å²) in [6, 6.07) is 16.1. The fourth-order valence-electron chi connectivity index (χ4n) is 2.28. The number of aliphatic imine (C=N–C) groups is 1. The fraction of sp³-hybridized carbons (Fsp3) is 0.316. The van der Waals surface area contributed by atoms with Crippen LogP contribution in [0.4, 0.5) is 0 Å². The van der Waals surface area contributed by atoms with Crippen LogP contribution in [-0.4, -0.2) is 19.6 Å². The highest BCUT2D eigenvalue weighted by atomic mass is 127. The minimum absolute atomic E-state index is 0. The molecule has 0 bridgehead atoms. The Morgan fingerprint density at radius 3 is 2.44 bits per heavy atom. The van der Waals surface area contributed by atoms with Crippen LogP contribution in [0, 0.1) is 0 Å². The Bertz CT molecular complexity index is 662. The summed E-state index contributed by atoms with van der Waals surface area (Å²) in [5, 5.41) is 7.35. The van der Waals surface area contributed by atoms with Gasteiger partial charge in [-0.2, -0.15) is 0 Å². The van der Waals surface area contributed by atoms with E-state index in [2.05, 4.69) is 40.7 Å². The summed E-state index contributed by atoms with van der Waals surface area (Å²) in [6.45, 7) is 4.81. The third kappa shape index (κ3) is 8.07. The Labute approximate surface area is 172 Å². The molecule has 0 unspecified atom stereocenters. The number of nitrogens with one attached hydrogen (secondary N) is 2. The van der Waals surface area contributed by atoms with Crippen molar-refractivity contribution < 1.29 is 4.74 Å². The van der Waals surface area contributed by atoms with Crippen molar-refractivity contribution in [3.8, 4) is 0 Å². The first-order valence-corrected chi connectivity index (χ1v) is 8.42. The fourth-order valence-corrected chi connectivity index (χ4v) is 2.41. The largest absolute Gasteiger partial charge is 0.380 e. The van der Waals surface area contributed by atoms with E-state index in [-0.39, 0.29) is 24.0 Å². The third-order valence-corrected chi connectivity index (χ3v) is 3.69. The van der Waals surface area contributed by atoms with E-state index in [9.17, 15) is 0 Å². The van der Waals surface area contributed by atoms with Crippen LogP contribution in [0.15, 0.2) is 53.5 Å². The standard InChI is InChI=1S/C19H24ClN3O.HI/c1-3-21-19(22-12-15-7-9-18(20)10-8-15)23-13-16-5-4-6-17(11-16)14-24-2;/h4-11H,3,12-14H2,1-2H3,(H2,21,22,23);1H. The van der Waals surface area contributed by atoms with Gasteiger partial charge in [-0.25, -0.2) is 4.99 Å². The molecule has 0 amide bonds. The van der Waals surface area contributed by atoms with Gasteiger partial charge in [0.1, 0.15) is 0 Å². The lowest BCUT2D eigenvalue weighted by atomic mass is 10.1. The SMILES string of the molecule is CCNC(=NCc1cccc(COC)c1)NCc1ccc(Cl)cc1.I. The predicted molar refractivity (Wildman–Crippen MR) is 116 cm³/mol. The van der Waals surface area contributed by atoms with Crippen molar-refractivity contribution in [2.24, 2.45) is 4.99 Å². The number of rotatable bonds is 7. The van der Waals surface area contributed by atoms with E-state index < -0.39 is 0 Å². The molecule has 0 radical (unpaired) electrons. The molecular weight excluding hydrogens is 449 g/mol. The molecule has 2 N–H and O–H groups in total. The van der Waals surface area contributed by atoms with E-state index in [0.717, 1.165) is 34.2 Å². The Morgan fingerprint density at radius 1 is 1.04 bits per heavy atom. The number of nitrogens with zero attached hydrogens (tertiary/aromatic N) is 1. The maximum atomic E-state index is 5.91. The molecule has 0 fully saturated rings. The van der Waals surface area contributed by atoms with Crippen LogP contribution in [0.3, 0.4) is 0 Å². The predicted octanol–water partition coefficient (Wildman–Crippen LogP) is 4.36. The molecule has 0 aliphatic rings. The number of benzene rings is 2. The summed E-state index contributed by atoms with van der Waals surface area (Å²) in [5.74, 6) is 0.796. The summed E-state index contributed by atoms with van der Waals surface area (Å²) in [6.07, 6.45) is 0. The Kier molecular flexibility index (Phi) is 10.5. The van der Waals surface area contributed by atoms with Gasteiger partial charge in [-0.1, -0.05) is 48.0 Å². The molecule has 0 saturated carbocycles. The maximum Gasteiger partial charge on any atom is 0.191 e. The van der Waals surface area contributed by atoms with Crippen molar-refractivity contribution in [2.75, 3.05) is 13.7 Å². The molecule has 0 aliphatic heterocycles. The molecule has 0 atom stereocenters. The zero-order valence-corrected chi connectivity index (χ0v) is 17.7. The second-order valence-corrected chi connectivity index (χ2v) is 5.86. The van der Waals surface area contributed by atoms with E-state index in [1.807, 2.05) is 30.3 Å². The molecule has 2 aromatic carbocycles. The number of methoxy groups -OCH3 is 1. The highest BCUT2D eigenvalue weighted by molar-refractivity contribution is 14.0. The number of ether oxygens (including phenoxy) is 1. The van der Waals surface area contributed by atoms with Crippen LogP contribution >= 0.6 is 35.6 Å². The van der Waals surface area contributed by atoms with Crippen LogP contribution in [0.5, 0.6) is 0 Å². The molecule has 0 aliphatic carbocycles. The van der Waals surface area contributed by atoms with Gasteiger partial charge in [-0.05, 0) is 35.7 Å². The van der Waals surface area contributed by atoms with Crippen molar-refractivity contribution in [3.05, 3.63) is 70.2 Å². The lowest BCUT2D eigenvalue weighted by Gasteiger charge is -2.11. The molecule has 25 heavy (non-hydrogen) atoms. The van der Waals surface area contributed by atoms with Gasteiger partial charge >= 0.3 is 0 Å². The molecular formula is C19H25ClIN3O. The molecule has 0 heterocycles. The lowest BCUT2D eigenvalue weighted by Crippen LogP contribution is -2.36. The Hall–Kier alpha value is -1.31. The Balaban J connectivity index is 0.00000312. The van der Waals surface area contributed by atoms with Crippen molar-refractivity contribution in [3.63, 3.8) is 0 Å². The van der Waals surface area contributed by atoms with Crippen molar-refractivity contribution in [1.29, 1.82) is 0 Å². The van der Waals surface area contributed by atoms with Gasteiger partial charge in [0.15, 0.2) is 5.96 Å². The van der Waals surface area contributed by atoms with E-state index in [4.69, 9.17) is 16.3 Å². The molecule has 6 heteroatoms. The molecule has 136 valence electrons. The van der Waals surface area contributed by atoms with Crippen molar-refractivity contribution in [2.45, 2.75) is 26.6 Å². The van der Waals surface area contributed by atoms with Gasteiger partial charge in [0.2, 0.25) is 0 Å². The van der Waals surface area contributed by atoms with Gasteiger partial charge in [0, 0.05) is 25.2 Å². The minimum atomic E-state index is 0. The van der Waals surface area contributed by atoms with Crippen molar-refractivity contribution >= 4 is 41.5 Å². The van der Waals surface area contributed by atoms with Gasteiger partial charge in [0.05, 0.1) is 13.2 Å². The number of hydrogen-bond donors (Lipinski definition) is 2. The van der Waals surface area contributed by atoms with Crippen LogP contribution in [0.2, 0.25) is 5.02 Å². The smallest absolute Gasteiger partial charge is 0.191 e. The summed E-state index contributed by atoms with van der Waals surface area (Å²) < 4.78 is 5.17. The molecule has 4 nitrogen and oxygen atoms in total. The van der Waals surface area contributed by atoms with E-state index in [1.54, 1.807) is 7.11 Å². The zero-order chi connectivity index (χ0) is 17.2. The van der Waals surface area contributed by atoms with Gasteiger partial charge in [-0.15, -0.1) is 24.0 Å². The topological polar surface area (TPSA) is 45.7 Å². The monoisotopic (exact) mass is 473 g/mol. The number of guanidine groups is 1. The number of halogens is 2. The summed E-state index contributed by atoms with van der Waals surface area (Å²) in [4.78, 5) is 4.65. The van der Waals surface area contributed by atoms with E-state index in [0.29, 0.717) is 19.7 Å². The third-order valence-electron chi connectivity index (χ3n) is 3.44. The Morgan fingerprint density at radius 2 is 1.76 bits per heavy atom. The average Bonchev–Trinajstić information content (AvgIpc) is 2.59. The normalized spacial score (nSPS) is 10.9. The maximum absolute atomic E-state index is 5.91. The van der Waals surface area contributed by atoms with Gasteiger partial charge < -0.3 is 15.4 Å². The van der Waals surface area contributed by atoms with Crippen LogP contribution < -0.4 is 10.6 Å². The first-order valence-electron chi connectivity index (χ1n) is 8.04. The van der Waals surface area contributed by atoms with Gasteiger partial charge in [-0.3, -0.25) is 0 Å². The zero-order valence-electron chi connectivity index (χ0n) is 14.6. The molecule has 0 spiro atoms. The summed E-state index contributed by atoms with van der Waals surface area (Å²) in [7, 11) is 1.70. The van der Waals surface area contributed by atoms with E-state index in [1.165, 1.54) is 0 Å².